The quantitative estimate of drug-likeness (QED) is 0.449. The third-order valence-electron chi connectivity index (χ3n) is 7.02. The van der Waals surface area contributed by atoms with E-state index in [0.717, 1.165) is 44.5 Å². The number of amides is 1. The lowest BCUT2D eigenvalue weighted by Gasteiger charge is -2.21. The maximum Gasteiger partial charge on any atom is 0.338 e. The molecule has 4 rings (SSSR count). The second-order valence-corrected chi connectivity index (χ2v) is 11.3. The van der Waals surface area contributed by atoms with Gasteiger partial charge in [0, 0.05) is 6.42 Å². The highest BCUT2D eigenvalue weighted by Gasteiger charge is 2.26. The minimum atomic E-state index is -4.15. The number of carboxylic acids is 1. The summed E-state index contributed by atoms with van der Waals surface area (Å²) >= 11 is 0. The van der Waals surface area contributed by atoms with Gasteiger partial charge in [0.05, 0.1) is 16.9 Å². The van der Waals surface area contributed by atoms with E-state index in [4.69, 9.17) is 0 Å². The number of fused-ring (bicyclic) bond motifs is 1. The highest BCUT2D eigenvalue weighted by atomic mass is 32.2. The summed E-state index contributed by atoms with van der Waals surface area (Å²) in [6, 6.07) is 9.52. The summed E-state index contributed by atoms with van der Waals surface area (Å²) < 4.78 is 29.1. The van der Waals surface area contributed by atoms with Crippen molar-refractivity contribution >= 4 is 33.3 Å². The Morgan fingerprint density at radius 3 is 2.36 bits per heavy atom. The highest BCUT2D eigenvalue weighted by molar-refractivity contribution is 7.92. The number of aryl methyl sites for hydroxylation is 1. The van der Waals surface area contributed by atoms with E-state index in [-0.39, 0.29) is 27.7 Å². The molecule has 1 amide bonds. The second kappa shape index (κ2) is 11.9. The van der Waals surface area contributed by atoms with Crippen LogP contribution in [0.1, 0.15) is 72.9 Å². The maximum absolute atomic E-state index is 13.3. The molecule has 2 aromatic rings. The number of carbonyl (C=O) groups excluding carboxylic acids is 1. The predicted molar refractivity (Wildman–Crippen MR) is 140 cm³/mol. The summed E-state index contributed by atoms with van der Waals surface area (Å²) in [5.74, 6) is -1.40. The molecule has 36 heavy (non-hydrogen) atoms. The van der Waals surface area contributed by atoms with E-state index in [2.05, 4.69) is 14.9 Å². The minimum absolute atomic E-state index is 0.00537. The second-order valence-electron chi connectivity index (χ2n) is 9.65. The van der Waals surface area contributed by atoms with Gasteiger partial charge < -0.3 is 15.3 Å². The number of carbonyl (C=O) groups is 2. The van der Waals surface area contributed by atoms with Crippen LogP contribution in [0.15, 0.2) is 41.3 Å². The lowest BCUT2D eigenvalue weighted by molar-refractivity contribution is -0.116. The van der Waals surface area contributed by atoms with E-state index < -0.39 is 16.0 Å². The van der Waals surface area contributed by atoms with Crippen molar-refractivity contribution < 1.29 is 23.1 Å². The van der Waals surface area contributed by atoms with Crippen LogP contribution >= 0.6 is 0 Å². The van der Waals surface area contributed by atoms with Crippen LogP contribution in [-0.2, 0) is 27.7 Å². The molecule has 0 bridgehead atoms. The maximum atomic E-state index is 13.3. The molecule has 3 N–H and O–H groups in total. The van der Waals surface area contributed by atoms with Crippen LogP contribution in [0, 0.1) is 0 Å². The third kappa shape index (κ3) is 6.44. The normalized spacial score (nSPS) is 16.6. The molecule has 0 radical (unpaired) electrons. The van der Waals surface area contributed by atoms with Crippen LogP contribution in [0.5, 0.6) is 0 Å². The van der Waals surface area contributed by atoms with Gasteiger partial charge in [-0.1, -0.05) is 31.0 Å². The van der Waals surface area contributed by atoms with Crippen molar-refractivity contribution in [2.24, 2.45) is 0 Å². The van der Waals surface area contributed by atoms with E-state index >= 15 is 0 Å². The van der Waals surface area contributed by atoms with E-state index in [1.165, 1.54) is 37.8 Å². The van der Waals surface area contributed by atoms with Crippen LogP contribution in [0.4, 0.5) is 11.4 Å². The molecule has 1 aliphatic heterocycles. The fourth-order valence-electron chi connectivity index (χ4n) is 5.20. The first-order valence-electron chi connectivity index (χ1n) is 12.9. The van der Waals surface area contributed by atoms with Crippen LogP contribution < -0.4 is 10.0 Å². The molecular weight excluding hydrogens is 478 g/mol. The van der Waals surface area contributed by atoms with Crippen molar-refractivity contribution in [2.45, 2.75) is 69.1 Å². The number of para-hydroxylation sites is 1. The Morgan fingerprint density at radius 1 is 0.889 bits per heavy atom. The summed E-state index contributed by atoms with van der Waals surface area (Å²) in [5, 5.41) is 12.6. The molecule has 0 spiro atoms. The Labute approximate surface area is 213 Å². The first-order chi connectivity index (χ1) is 17.3. The number of nitrogens with zero attached hydrogens (tertiary/aromatic N) is 1. The summed E-state index contributed by atoms with van der Waals surface area (Å²) in [4.78, 5) is 27.0. The molecule has 2 aliphatic rings. The van der Waals surface area contributed by atoms with Gasteiger partial charge in [-0.15, -0.1) is 0 Å². The Bertz CT molecular complexity index is 1200. The van der Waals surface area contributed by atoms with Crippen molar-refractivity contribution in [1.29, 1.82) is 0 Å². The Morgan fingerprint density at radius 2 is 1.61 bits per heavy atom. The van der Waals surface area contributed by atoms with Gasteiger partial charge in [-0.2, -0.15) is 0 Å². The summed E-state index contributed by atoms with van der Waals surface area (Å²) in [6.45, 7) is 2.98. The van der Waals surface area contributed by atoms with Crippen LogP contribution in [0.3, 0.4) is 0 Å². The summed E-state index contributed by atoms with van der Waals surface area (Å²) in [7, 11) is -4.15. The SMILES string of the molecule is O=C(CCCN1CCCCCC1)Nc1ccccc1S(=O)(=O)Nc1ccc2c(c1C(=O)O)CCCC2. The van der Waals surface area contributed by atoms with E-state index in [1.54, 1.807) is 24.3 Å². The molecule has 1 fully saturated rings. The van der Waals surface area contributed by atoms with Gasteiger partial charge in [0.2, 0.25) is 5.91 Å². The molecule has 1 saturated heterocycles. The van der Waals surface area contributed by atoms with E-state index in [0.29, 0.717) is 24.8 Å². The first-order valence-corrected chi connectivity index (χ1v) is 14.4. The van der Waals surface area contributed by atoms with Crippen LogP contribution in [-0.4, -0.2) is 49.9 Å². The van der Waals surface area contributed by atoms with Gasteiger partial charge >= 0.3 is 5.97 Å². The summed E-state index contributed by atoms with van der Waals surface area (Å²) in [6.07, 6.45) is 9.16. The zero-order chi connectivity index (χ0) is 25.5. The number of hydrogen-bond donors (Lipinski definition) is 3. The average molecular weight is 514 g/mol. The smallest absolute Gasteiger partial charge is 0.338 e. The van der Waals surface area contributed by atoms with Gasteiger partial charge in [0.15, 0.2) is 0 Å². The monoisotopic (exact) mass is 513 g/mol. The van der Waals surface area contributed by atoms with Gasteiger partial charge in [-0.05, 0) is 93.9 Å². The number of hydrogen-bond acceptors (Lipinski definition) is 5. The number of aromatic carboxylic acids is 1. The number of sulfonamides is 1. The zero-order valence-electron chi connectivity index (χ0n) is 20.6. The fourth-order valence-corrected chi connectivity index (χ4v) is 6.43. The van der Waals surface area contributed by atoms with Crippen molar-refractivity contribution in [3.05, 3.63) is 53.1 Å². The molecular formula is C27H35N3O5S. The molecule has 194 valence electrons. The largest absolute Gasteiger partial charge is 0.478 e. The highest BCUT2D eigenvalue weighted by Crippen LogP contribution is 2.32. The van der Waals surface area contributed by atoms with Crippen molar-refractivity contribution in [3.8, 4) is 0 Å². The van der Waals surface area contributed by atoms with Crippen molar-refractivity contribution in [2.75, 3.05) is 29.7 Å². The molecule has 0 atom stereocenters. The Balaban J connectivity index is 1.46. The number of anilines is 2. The minimum Gasteiger partial charge on any atom is -0.478 e. The lowest BCUT2D eigenvalue weighted by atomic mass is 9.87. The predicted octanol–water partition coefficient (Wildman–Crippen LogP) is 4.66. The Hall–Kier alpha value is -2.91. The average Bonchev–Trinajstić information content (AvgIpc) is 3.12. The van der Waals surface area contributed by atoms with Gasteiger partial charge in [0.1, 0.15) is 4.90 Å². The number of benzene rings is 2. The lowest BCUT2D eigenvalue weighted by Crippen LogP contribution is -2.26. The van der Waals surface area contributed by atoms with Gasteiger partial charge in [-0.3, -0.25) is 9.52 Å². The number of likely N-dealkylation sites (tertiary alicyclic amines) is 1. The van der Waals surface area contributed by atoms with Crippen LogP contribution in [0.25, 0.3) is 0 Å². The molecule has 1 heterocycles. The zero-order valence-corrected chi connectivity index (χ0v) is 21.4. The van der Waals surface area contributed by atoms with E-state index in [9.17, 15) is 23.1 Å². The molecule has 8 nitrogen and oxygen atoms in total. The number of nitrogens with one attached hydrogen (secondary N) is 2. The standard InChI is InChI=1S/C27H35N3O5S/c31-25(14-9-19-30-17-7-1-2-8-18-30)28-22-12-5-6-13-24(22)36(34,35)29-23-16-15-20-10-3-4-11-21(20)26(23)27(32)33/h5-6,12-13,15-16,29H,1-4,7-11,14,17-19H2,(H,28,31)(H,32,33). The van der Waals surface area contributed by atoms with Gasteiger partial charge in [-0.25, -0.2) is 13.2 Å². The molecule has 0 saturated carbocycles. The topological polar surface area (TPSA) is 116 Å². The third-order valence-corrected chi connectivity index (χ3v) is 8.44. The molecule has 2 aromatic carbocycles. The molecule has 0 aromatic heterocycles. The number of carboxylic acid groups (broad SMARTS) is 1. The summed E-state index contributed by atoms with van der Waals surface area (Å²) in [5.41, 5.74) is 1.88. The van der Waals surface area contributed by atoms with Crippen molar-refractivity contribution in [3.63, 3.8) is 0 Å². The molecule has 0 unspecified atom stereocenters. The molecule has 1 aliphatic carbocycles. The number of rotatable bonds is 9. The molecule has 9 heteroatoms. The fraction of sp³-hybridized carbons (Fsp3) is 0.481. The van der Waals surface area contributed by atoms with E-state index in [1.807, 2.05) is 0 Å². The first kappa shape index (κ1) is 26.2. The van der Waals surface area contributed by atoms with Gasteiger partial charge in [0.25, 0.3) is 10.0 Å². The van der Waals surface area contributed by atoms with Crippen molar-refractivity contribution in [1.82, 2.24) is 4.90 Å². The van der Waals surface area contributed by atoms with Crippen LogP contribution in [0.2, 0.25) is 0 Å². The Kier molecular flexibility index (Phi) is 8.64.